The zero-order valence-electron chi connectivity index (χ0n) is 10.4. The zero-order valence-corrected chi connectivity index (χ0v) is 15.2. The molecule has 0 saturated heterocycles. The summed E-state index contributed by atoms with van der Waals surface area (Å²) >= 11 is 7.90. The predicted octanol–water partition coefficient (Wildman–Crippen LogP) is 3.87. The number of thiophene rings is 1. The fraction of sp³-hybridized carbons (Fsp3) is 0.167. The summed E-state index contributed by atoms with van der Waals surface area (Å²) in [5, 5.41) is 10.5. The van der Waals surface area contributed by atoms with Crippen molar-refractivity contribution in [1.82, 2.24) is 0 Å². The number of sulfonamides is 1. The number of aliphatic hydroxyl groups is 1. The monoisotopic (exact) mass is 439 g/mol. The summed E-state index contributed by atoms with van der Waals surface area (Å²) in [5.74, 6) is 0. The second kappa shape index (κ2) is 6.15. The summed E-state index contributed by atoms with van der Waals surface area (Å²) < 4.78 is 28.4. The van der Waals surface area contributed by atoms with Gasteiger partial charge in [0.1, 0.15) is 0 Å². The Labute approximate surface area is 138 Å². The van der Waals surface area contributed by atoms with Crippen molar-refractivity contribution < 1.29 is 13.5 Å². The van der Waals surface area contributed by atoms with Crippen LogP contribution in [0.5, 0.6) is 0 Å². The number of nitrogens with one attached hydrogen (secondary N) is 1. The smallest absolute Gasteiger partial charge is 0.262 e. The van der Waals surface area contributed by atoms with Crippen LogP contribution in [0.3, 0.4) is 0 Å². The molecular weight excluding hydrogens is 430 g/mol. The van der Waals surface area contributed by atoms with E-state index < -0.39 is 10.0 Å². The molecule has 2 N–H and O–H groups in total. The molecule has 0 saturated carbocycles. The molecule has 2 aromatic rings. The molecule has 20 heavy (non-hydrogen) atoms. The zero-order chi connectivity index (χ0) is 14.9. The second-order valence-electron chi connectivity index (χ2n) is 4.12. The number of rotatable bonds is 4. The molecule has 0 atom stereocenters. The molecule has 1 aromatic carbocycles. The summed E-state index contributed by atoms with van der Waals surface area (Å²) in [6, 6.07) is 5.12. The number of aliphatic hydroxyl groups excluding tert-OH is 1. The average molecular weight is 441 g/mol. The van der Waals surface area contributed by atoms with Gasteiger partial charge in [0.15, 0.2) is 0 Å². The number of benzene rings is 1. The highest BCUT2D eigenvalue weighted by molar-refractivity contribution is 9.11. The molecule has 0 radical (unpaired) electrons. The van der Waals surface area contributed by atoms with E-state index >= 15 is 0 Å². The highest BCUT2D eigenvalue weighted by Gasteiger charge is 2.19. The quantitative estimate of drug-likeness (QED) is 0.758. The fourth-order valence-electron chi connectivity index (χ4n) is 1.57. The maximum absolute atomic E-state index is 12.3. The molecule has 1 heterocycles. The van der Waals surface area contributed by atoms with Crippen molar-refractivity contribution >= 4 is 58.9 Å². The van der Waals surface area contributed by atoms with Gasteiger partial charge in [-0.05, 0) is 62.5 Å². The van der Waals surface area contributed by atoms with E-state index in [1.165, 1.54) is 22.8 Å². The van der Waals surface area contributed by atoms with Gasteiger partial charge in [-0.1, -0.05) is 0 Å². The third kappa shape index (κ3) is 3.43. The molecule has 2 rings (SSSR count). The highest BCUT2D eigenvalue weighted by atomic mass is 79.9. The molecule has 0 spiro atoms. The van der Waals surface area contributed by atoms with Crippen molar-refractivity contribution in [2.75, 3.05) is 4.72 Å². The molecule has 0 aliphatic carbocycles. The lowest BCUT2D eigenvalue weighted by molar-refractivity contribution is 0.285. The van der Waals surface area contributed by atoms with Crippen molar-refractivity contribution in [3.63, 3.8) is 0 Å². The van der Waals surface area contributed by atoms with Gasteiger partial charge in [0.05, 0.1) is 17.2 Å². The van der Waals surface area contributed by atoms with Crippen LogP contribution in [0.2, 0.25) is 0 Å². The number of hydrogen-bond acceptors (Lipinski definition) is 4. The first-order valence-electron chi connectivity index (χ1n) is 5.50. The molecular formula is C12H11Br2NO3S2. The Morgan fingerprint density at radius 1 is 1.25 bits per heavy atom. The topological polar surface area (TPSA) is 66.4 Å². The molecule has 0 fully saturated rings. The lowest BCUT2D eigenvalue weighted by Gasteiger charge is -2.11. The Morgan fingerprint density at radius 3 is 2.35 bits per heavy atom. The lowest BCUT2D eigenvalue weighted by Crippen LogP contribution is -2.13. The molecule has 0 amide bonds. The molecule has 8 heteroatoms. The number of halogens is 2. The van der Waals surface area contributed by atoms with E-state index in [4.69, 9.17) is 5.11 Å². The molecule has 0 unspecified atom stereocenters. The van der Waals surface area contributed by atoms with Crippen LogP contribution in [0.1, 0.15) is 10.4 Å². The van der Waals surface area contributed by atoms with Crippen molar-refractivity contribution in [1.29, 1.82) is 0 Å². The fourth-order valence-corrected chi connectivity index (χ4v) is 5.69. The Balaban J connectivity index is 2.38. The standard InChI is InChI=1S/C12H11Br2NO3S2/c1-7-2-10(13)12(11(14)3-7)15-20(17,18)9-4-8(5-16)19-6-9/h2-4,6,15-16H,5H2,1H3. The van der Waals surface area contributed by atoms with E-state index in [2.05, 4.69) is 36.6 Å². The van der Waals surface area contributed by atoms with Crippen LogP contribution < -0.4 is 4.72 Å². The first-order chi connectivity index (χ1) is 9.33. The molecule has 0 aliphatic heterocycles. The van der Waals surface area contributed by atoms with Gasteiger partial charge in [0.2, 0.25) is 0 Å². The number of aryl methyl sites for hydroxylation is 1. The first kappa shape index (κ1) is 16.0. The van der Waals surface area contributed by atoms with Crippen LogP contribution in [-0.4, -0.2) is 13.5 Å². The second-order valence-corrected chi connectivity index (χ2v) is 8.50. The van der Waals surface area contributed by atoms with Crippen molar-refractivity contribution in [2.24, 2.45) is 0 Å². The predicted molar refractivity (Wildman–Crippen MR) is 87.6 cm³/mol. The van der Waals surface area contributed by atoms with Crippen LogP contribution in [0, 0.1) is 6.92 Å². The van der Waals surface area contributed by atoms with Crippen LogP contribution in [-0.2, 0) is 16.6 Å². The molecule has 1 aromatic heterocycles. The van der Waals surface area contributed by atoms with E-state index in [0.717, 1.165) is 5.56 Å². The summed E-state index contributed by atoms with van der Waals surface area (Å²) in [6.07, 6.45) is 0. The minimum absolute atomic E-state index is 0.144. The minimum Gasteiger partial charge on any atom is -0.391 e. The summed E-state index contributed by atoms with van der Waals surface area (Å²) in [6.45, 7) is 1.75. The van der Waals surface area contributed by atoms with Crippen LogP contribution in [0.15, 0.2) is 37.4 Å². The van der Waals surface area contributed by atoms with Gasteiger partial charge in [0.25, 0.3) is 10.0 Å². The van der Waals surface area contributed by atoms with Crippen LogP contribution in [0.4, 0.5) is 5.69 Å². The Morgan fingerprint density at radius 2 is 1.85 bits per heavy atom. The number of hydrogen-bond donors (Lipinski definition) is 2. The van der Waals surface area contributed by atoms with Crippen molar-refractivity contribution in [3.05, 3.63) is 43.0 Å². The minimum atomic E-state index is -3.67. The van der Waals surface area contributed by atoms with E-state index in [0.29, 0.717) is 19.5 Å². The summed E-state index contributed by atoms with van der Waals surface area (Å²) in [5.41, 5.74) is 1.46. The Bertz CT molecular complexity index is 718. The summed E-state index contributed by atoms with van der Waals surface area (Å²) in [7, 11) is -3.67. The van der Waals surface area contributed by atoms with E-state index in [1.807, 2.05) is 19.1 Å². The van der Waals surface area contributed by atoms with Gasteiger partial charge in [0, 0.05) is 19.2 Å². The number of anilines is 1. The Hall–Kier alpha value is -0.410. The van der Waals surface area contributed by atoms with Gasteiger partial charge < -0.3 is 5.11 Å². The maximum Gasteiger partial charge on any atom is 0.262 e. The van der Waals surface area contributed by atoms with Gasteiger partial charge in [-0.25, -0.2) is 8.42 Å². The molecule has 4 nitrogen and oxygen atoms in total. The van der Waals surface area contributed by atoms with Crippen molar-refractivity contribution in [2.45, 2.75) is 18.4 Å². The van der Waals surface area contributed by atoms with Crippen LogP contribution in [0.25, 0.3) is 0 Å². The lowest BCUT2D eigenvalue weighted by atomic mass is 10.2. The first-order valence-corrected chi connectivity index (χ1v) is 9.45. The Kier molecular flexibility index (Phi) is 4.91. The highest BCUT2D eigenvalue weighted by Crippen LogP contribution is 2.34. The third-order valence-corrected chi connectivity index (χ3v) is 6.17. The molecule has 108 valence electrons. The van der Waals surface area contributed by atoms with Gasteiger partial charge in [-0.15, -0.1) is 11.3 Å². The van der Waals surface area contributed by atoms with E-state index in [1.54, 1.807) is 0 Å². The summed E-state index contributed by atoms with van der Waals surface area (Å²) in [4.78, 5) is 0.748. The maximum atomic E-state index is 12.3. The van der Waals surface area contributed by atoms with Gasteiger partial charge >= 0.3 is 0 Å². The van der Waals surface area contributed by atoms with Gasteiger partial charge in [-0.2, -0.15) is 0 Å². The molecule has 0 bridgehead atoms. The van der Waals surface area contributed by atoms with Crippen molar-refractivity contribution in [3.8, 4) is 0 Å². The van der Waals surface area contributed by atoms with Crippen LogP contribution >= 0.6 is 43.2 Å². The average Bonchev–Trinajstić information content (AvgIpc) is 2.83. The molecule has 0 aliphatic rings. The largest absolute Gasteiger partial charge is 0.391 e. The van der Waals surface area contributed by atoms with Gasteiger partial charge in [-0.3, -0.25) is 4.72 Å². The normalized spacial score (nSPS) is 11.6. The SMILES string of the molecule is Cc1cc(Br)c(NS(=O)(=O)c2csc(CO)c2)c(Br)c1. The van der Waals surface area contributed by atoms with E-state index in [-0.39, 0.29) is 11.5 Å². The van der Waals surface area contributed by atoms with E-state index in [9.17, 15) is 8.42 Å². The third-order valence-electron chi connectivity index (χ3n) is 2.52.